The highest BCUT2D eigenvalue weighted by atomic mass is 32.2. The summed E-state index contributed by atoms with van der Waals surface area (Å²) in [6, 6.07) is 1.18. The molecule has 0 aliphatic rings. The number of hydrogen-bond donors (Lipinski definition) is 2. The van der Waals surface area contributed by atoms with Crippen LogP contribution in [0.3, 0.4) is 0 Å². The maximum Gasteiger partial charge on any atom is 0.0360 e. The van der Waals surface area contributed by atoms with Crippen LogP contribution < -0.4 is 10.6 Å². The quantitative estimate of drug-likeness (QED) is 0.575. The summed E-state index contributed by atoms with van der Waals surface area (Å²) in [6.45, 7) is 10.5. The van der Waals surface area contributed by atoms with E-state index in [-0.39, 0.29) is 0 Å². The Morgan fingerprint density at radius 1 is 0.778 bits per heavy atom. The van der Waals surface area contributed by atoms with Gasteiger partial charge in [-0.3, -0.25) is 4.21 Å². The van der Waals surface area contributed by atoms with Crippen molar-refractivity contribution in [2.75, 3.05) is 24.6 Å². The SMILES string of the molecule is CCC(CC)NCCS(=O)CCNC(CC)CC. The van der Waals surface area contributed by atoms with Crippen LogP contribution in [0.5, 0.6) is 0 Å². The fourth-order valence-corrected chi connectivity index (χ4v) is 2.91. The Hall–Kier alpha value is 0.0700. The first-order chi connectivity index (χ1) is 8.67. The third-order valence-corrected chi connectivity index (χ3v) is 4.82. The summed E-state index contributed by atoms with van der Waals surface area (Å²) in [7, 11) is -0.686. The normalized spacial score (nSPS) is 11.9. The fraction of sp³-hybridized carbons (Fsp3) is 1.00. The minimum Gasteiger partial charge on any atom is -0.313 e. The van der Waals surface area contributed by atoms with Crippen molar-refractivity contribution in [1.82, 2.24) is 10.6 Å². The highest BCUT2D eigenvalue weighted by Gasteiger charge is 2.05. The van der Waals surface area contributed by atoms with Crippen LogP contribution in [0.2, 0.25) is 0 Å². The van der Waals surface area contributed by atoms with E-state index in [1.165, 1.54) is 0 Å². The van der Waals surface area contributed by atoms with Gasteiger partial charge in [-0.05, 0) is 25.7 Å². The largest absolute Gasteiger partial charge is 0.313 e. The van der Waals surface area contributed by atoms with E-state index in [1.807, 2.05) is 0 Å². The monoisotopic (exact) mass is 276 g/mol. The molecule has 0 heterocycles. The maximum absolute atomic E-state index is 11.8. The lowest BCUT2D eigenvalue weighted by atomic mass is 10.2. The molecule has 0 atom stereocenters. The first kappa shape index (κ1) is 18.1. The highest BCUT2D eigenvalue weighted by molar-refractivity contribution is 7.85. The average molecular weight is 276 g/mol. The molecule has 0 aliphatic carbocycles. The van der Waals surface area contributed by atoms with Gasteiger partial charge >= 0.3 is 0 Å². The summed E-state index contributed by atoms with van der Waals surface area (Å²) in [6.07, 6.45) is 4.61. The second kappa shape index (κ2) is 12.1. The van der Waals surface area contributed by atoms with Gasteiger partial charge in [-0.25, -0.2) is 0 Å². The first-order valence-corrected chi connectivity index (χ1v) is 8.98. The summed E-state index contributed by atoms with van der Waals surface area (Å²) in [5.41, 5.74) is 0. The van der Waals surface area contributed by atoms with Crippen LogP contribution in [0.25, 0.3) is 0 Å². The Balaban J connectivity index is 3.54. The van der Waals surface area contributed by atoms with Crippen LogP contribution in [0, 0.1) is 0 Å². The lowest BCUT2D eigenvalue weighted by Gasteiger charge is -2.15. The number of hydrogen-bond acceptors (Lipinski definition) is 3. The van der Waals surface area contributed by atoms with E-state index < -0.39 is 10.8 Å². The lowest BCUT2D eigenvalue weighted by Crippen LogP contribution is -2.34. The van der Waals surface area contributed by atoms with Crippen molar-refractivity contribution in [1.29, 1.82) is 0 Å². The Bertz CT molecular complexity index is 184. The standard InChI is InChI=1S/C14H32N2OS/c1-5-13(6-2)15-9-11-18(17)12-10-16-14(7-3)8-4/h13-16H,5-12H2,1-4H3. The molecule has 2 N–H and O–H groups in total. The third kappa shape index (κ3) is 9.06. The molecular formula is C14H32N2OS. The molecule has 0 bridgehead atoms. The van der Waals surface area contributed by atoms with E-state index in [9.17, 15) is 4.21 Å². The van der Waals surface area contributed by atoms with E-state index in [0.29, 0.717) is 12.1 Å². The van der Waals surface area contributed by atoms with Gasteiger partial charge in [-0.2, -0.15) is 0 Å². The zero-order valence-corrected chi connectivity index (χ0v) is 13.4. The van der Waals surface area contributed by atoms with Crippen molar-refractivity contribution in [3.8, 4) is 0 Å². The zero-order valence-electron chi connectivity index (χ0n) is 12.6. The second-order valence-electron chi connectivity index (χ2n) is 4.78. The molecule has 0 fully saturated rings. The molecule has 18 heavy (non-hydrogen) atoms. The van der Waals surface area contributed by atoms with E-state index in [4.69, 9.17) is 0 Å². The van der Waals surface area contributed by atoms with Gasteiger partial charge in [0.15, 0.2) is 0 Å². The van der Waals surface area contributed by atoms with Crippen LogP contribution in [0.4, 0.5) is 0 Å². The Morgan fingerprint density at radius 3 is 1.39 bits per heavy atom. The zero-order chi connectivity index (χ0) is 13.8. The maximum atomic E-state index is 11.8. The molecular weight excluding hydrogens is 244 g/mol. The summed E-state index contributed by atoms with van der Waals surface area (Å²) in [5.74, 6) is 1.56. The average Bonchev–Trinajstić information content (AvgIpc) is 2.40. The van der Waals surface area contributed by atoms with Gasteiger partial charge in [0.25, 0.3) is 0 Å². The van der Waals surface area contributed by atoms with Crippen LogP contribution in [-0.2, 0) is 10.8 Å². The molecule has 0 saturated heterocycles. The van der Waals surface area contributed by atoms with Crippen molar-refractivity contribution < 1.29 is 4.21 Å². The lowest BCUT2D eigenvalue weighted by molar-refractivity contribution is 0.496. The molecule has 0 aromatic heterocycles. The topological polar surface area (TPSA) is 41.1 Å². The molecule has 3 nitrogen and oxygen atoms in total. The molecule has 0 aromatic rings. The molecule has 0 aromatic carbocycles. The minimum atomic E-state index is -0.686. The van der Waals surface area contributed by atoms with Crippen molar-refractivity contribution in [3.05, 3.63) is 0 Å². The molecule has 0 saturated carbocycles. The van der Waals surface area contributed by atoms with Crippen molar-refractivity contribution >= 4 is 10.8 Å². The predicted octanol–water partition coefficient (Wildman–Crippen LogP) is 2.29. The van der Waals surface area contributed by atoms with Gasteiger partial charge in [0.1, 0.15) is 0 Å². The first-order valence-electron chi connectivity index (χ1n) is 7.49. The van der Waals surface area contributed by atoms with Crippen LogP contribution in [-0.4, -0.2) is 40.9 Å². The molecule has 0 amide bonds. The van der Waals surface area contributed by atoms with Crippen molar-refractivity contribution in [2.45, 2.75) is 65.5 Å². The molecule has 0 spiro atoms. The van der Waals surface area contributed by atoms with Gasteiger partial charge in [0, 0.05) is 47.5 Å². The van der Waals surface area contributed by atoms with Gasteiger partial charge < -0.3 is 10.6 Å². The summed E-state index contributed by atoms with van der Waals surface area (Å²) >= 11 is 0. The van der Waals surface area contributed by atoms with Crippen LogP contribution >= 0.6 is 0 Å². The van der Waals surface area contributed by atoms with E-state index in [1.54, 1.807) is 0 Å². The number of rotatable bonds is 12. The predicted molar refractivity (Wildman–Crippen MR) is 82.6 cm³/mol. The molecule has 0 rings (SSSR count). The fourth-order valence-electron chi connectivity index (χ4n) is 2.01. The van der Waals surface area contributed by atoms with Gasteiger partial charge in [0.05, 0.1) is 0 Å². The smallest absolute Gasteiger partial charge is 0.0360 e. The highest BCUT2D eigenvalue weighted by Crippen LogP contribution is 1.96. The van der Waals surface area contributed by atoms with Crippen LogP contribution in [0.1, 0.15) is 53.4 Å². The molecule has 4 heteroatoms. The van der Waals surface area contributed by atoms with Gasteiger partial charge in [-0.1, -0.05) is 27.7 Å². The summed E-state index contributed by atoms with van der Waals surface area (Å²) < 4.78 is 11.8. The van der Waals surface area contributed by atoms with E-state index in [0.717, 1.165) is 50.3 Å². The van der Waals surface area contributed by atoms with Crippen molar-refractivity contribution in [2.24, 2.45) is 0 Å². The Morgan fingerprint density at radius 2 is 1.11 bits per heavy atom. The molecule has 110 valence electrons. The Labute approximate surface area is 116 Å². The molecule has 0 unspecified atom stereocenters. The minimum absolute atomic E-state index is 0.588. The second-order valence-corrected chi connectivity index (χ2v) is 6.48. The van der Waals surface area contributed by atoms with E-state index >= 15 is 0 Å². The van der Waals surface area contributed by atoms with Gasteiger partial charge in [0.2, 0.25) is 0 Å². The Kier molecular flexibility index (Phi) is 12.2. The molecule has 0 aliphatic heterocycles. The summed E-state index contributed by atoms with van der Waals surface area (Å²) in [4.78, 5) is 0. The van der Waals surface area contributed by atoms with Crippen molar-refractivity contribution in [3.63, 3.8) is 0 Å². The number of nitrogens with one attached hydrogen (secondary N) is 2. The van der Waals surface area contributed by atoms with Crippen LogP contribution in [0.15, 0.2) is 0 Å². The van der Waals surface area contributed by atoms with E-state index in [2.05, 4.69) is 38.3 Å². The third-order valence-electron chi connectivity index (χ3n) is 3.50. The summed E-state index contributed by atoms with van der Waals surface area (Å²) in [5, 5.41) is 6.92. The van der Waals surface area contributed by atoms with Gasteiger partial charge in [-0.15, -0.1) is 0 Å². The molecule has 0 radical (unpaired) electrons.